The van der Waals surface area contributed by atoms with Crippen molar-refractivity contribution >= 4 is 17.7 Å². The molecule has 1 aromatic heterocycles. The molecule has 0 N–H and O–H groups in total. The van der Waals surface area contributed by atoms with Crippen molar-refractivity contribution in [2.24, 2.45) is 7.05 Å². The predicted molar refractivity (Wildman–Crippen MR) is 117 cm³/mol. The van der Waals surface area contributed by atoms with Crippen molar-refractivity contribution in [2.45, 2.75) is 29.7 Å². The van der Waals surface area contributed by atoms with Gasteiger partial charge in [0.2, 0.25) is 6.79 Å². The molecule has 0 saturated carbocycles. The van der Waals surface area contributed by atoms with E-state index in [0.29, 0.717) is 23.6 Å². The summed E-state index contributed by atoms with van der Waals surface area (Å²) >= 11 is 1.68. The number of rotatable bonds is 5. The van der Waals surface area contributed by atoms with Crippen LogP contribution in [-0.4, -0.2) is 45.5 Å². The minimum Gasteiger partial charge on any atom is -0.454 e. The number of nitrogens with zero attached hydrogens (tertiary/aromatic N) is 4. The first-order chi connectivity index (χ1) is 15.2. The molecular weight excluding hydrogens is 412 g/mol. The molecule has 0 spiro atoms. The molecule has 1 fully saturated rings. The number of hydrogen-bond acceptors (Lipinski definition) is 6. The molecule has 2 aromatic carbocycles. The third kappa shape index (κ3) is 4.12. The maximum Gasteiger partial charge on any atom is 0.254 e. The molecule has 0 aliphatic carbocycles. The molecule has 1 amide bonds. The molecule has 3 aromatic rings. The Morgan fingerprint density at radius 2 is 1.97 bits per heavy atom. The fraction of sp³-hybridized carbons (Fsp3) is 0.348. The van der Waals surface area contributed by atoms with Gasteiger partial charge in [0.05, 0.1) is 0 Å². The van der Waals surface area contributed by atoms with Gasteiger partial charge in [-0.15, -0.1) is 10.2 Å². The highest BCUT2D eigenvalue weighted by Crippen LogP contribution is 2.34. The fourth-order valence-corrected chi connectivity index (χ4v) is 4.99. The monoisotopic (exact) mass is 436 g/mol. The summed E-state index contributed by atoms with van der Waals surface area (Å²) in [6, 6.07) is 15.7. The molecule has 160 valence electrons. The van der Waals surface area contributed by atoms with Gasteiger partial charge in [-0.3, -0.25) is 4.79 Å². The summed E-state index contributed by atoms with van der Waals surface area (Å²) in [5.74, 6) is 3.31. The highest BCUT2D eigenvalue weighted by molar-refractivity contribution is 7.98. The standard InChI is InChI=1S/C23H24N4O3S/c1-26-21(24-25-23(26)31-14-16-6-3-2-4-7-16)18-8-5-11-27(13-18)22(28)17-9-10-19-20(12-17)30-15-29-19/h2-4,6-7,9-10,12,18H,5,8,11,13-15H2,1H3/t18-/m0/s1. The first-order valence-corrected chi connectivity index (χ1v) is 11.4. The van der Waals surface area contributed by atoms with Crippen LogP contribution in [0.15, 0.2) is 53.7 Å². The van der Waals surface area contributed by atoms with E-state index in [2.05, 4.69) is 26.9 Å². The summed E-state index contributed by atoms with van der Waals surface area (Å²) in [6.07, 6.45) is 1.94. The van der Waals surface area contributed by atoms with Gasteiger partial charge in [-0.1, -0.05) is 42.1 Å². The van der Waals surface area contributed by atoms with Gasteiger partial charge in [-0.25, -0.2) is 0 Å². The maximum atomic E-state index is 13.1. The van der Waals surface area contributed by atoms with E-state index in [1.54, 1.807) is 30.0 Å². The molecule has 2 aliphatic heterocycles. The number of carbonyl (C=O) groups is 1. The van der Waals surface area contributed by atoms with E-state index in [4.69, 9.17) is 9.47 Å². The van der Waals surface area contributed by atoms with Crippen molar-refractivity contribution in [2.75, 3.05) is 19.9 Å². The number of thioether (sulfide) groups is 1. The molecule has 5 rings (SSSR count). The van der Waals surface area contributed by atoms with Crippen molar-refractivity contribution in [1.82, 2.24) is 19.7 Å². The molecule has 3 heterocycles. The summed E-state index contributed by atoms with van der Waals surface area (Å²) in [4.78, 5) is 15.0. The van der Waals surface area contributed by atoms with Gasteiger partial charge in [0.1, 0.15) is 5.82 Å². The Kier molecular flexibility index (Phi) is 5.55. The van der Waals surface area contributed by atoms with Crippen molar-refractivity contribution in [1.29, 1.82) is 0 Å². The Balaban J connectivity index is 1.27. The Hall–Kier alpha value is -3.00. The van der Waals surface area contributed by atoms with Crippen LogP contribution in [0.4, 0.5) is 0 Å². The van der Waals surface area contributed by atoms with Crippen LogP contribution < -0.4 is 9.47 Å². The van der Waals surface area contributed by atoms with Gasteiger partial charge < -0.3 is 18.9 Å². The predicted octanol–water partition coefficient (Wildman–Crippen LogP) is 3.86. The number of aromatic nitrogens is 3. The zero-order valence-electron chi connectivity index (χ0n) is 17.4. The van der Waals surface area contributed by atoms with Crippen LogP contribution >= 0.6 is 11.8 Å². The van der Waals surface area contributed by atoms with Crippen LogP contribution in [0.1, 0.15) is 40.5 Å². The average Bonchev–Trinajstić information content (AvgIpc) is 3.44. The minimum absolute atomic E-state index is 0.0174. The molecule has 31 heavy (non-hydrogen) atoms. The van der Waals surface area contributed by atoms with Crippen molar-refractivity contribution in [3.05, 3.63) is 65.5 Å². The van der Waals surface area contributed by atoms with Gasteiger partial charge in [0.25, 0.3) is 5.91 Å². The highest BCUT2D eigenvalue weighted by Gasteiger charge is 2.29. The quantitative estimate of drug-likeness (QED) is 0.566. The summed E-state index contributed by atoms with van der Waals surface area (Å²) in [7, 11) is 2.02. The normalized spacial score (nSPS) is 17.7. The second-order valence-electron chi connectivity index (χ2n) is 7.83. The molecule has 2 aliphatic rings. The smallest absolute Gasteiger partial charge is 0.254 e. The lowest BCUT2D eigenvalue weighted by molar-refractivity contribution is 0.0703. The summed E-state index contributed by atoms with van der Waals surface area (Å²) in [6.45, 7) is 1.59. The average molecular weight is 437 g/mol. The van der Waals surface area contributed by atoms with Crippen molar-refractivity contribution in [3.8, 4) is 11.5 Å². The lowest BCUT2D eigenvalue weighted by atomic mass is 9.96. The molecule has 0 radical (unpaired) electrons. The minimum atomic E-state index is 0.0174. The van der Waals surface area contributed by atoms with E-state index in [1.807, 2.05) is 30.1 Å². The molecule has 1 saturated heterocycles. The lowest BCUT2D eigenvalue weighted by Gasteiger charge is -2.32. The second-order valence-corrected chi connectivity index (χ2v) is 8.77. The number of ether oxygens (including phenoxy) is 2. The third-order valence-corrected chi connectivity index (χ3v) is 6.86. The first kappa shape index (κ1) is 19.9. The van der Waals surface area contributed by atoms with Gasteiger partial charge in [0, 0.05) is 37.4 Å². The van der Waals surface area contributed by atoms with E-state index in [9.17, 15) is 4.79 Å². The van der Waals surface area contributed by atoms with E-state index in [1.165, 1.54) is 5.56 Å². The summed E-state index contributed by atoms with van der Waals surface area (Å²) in [5.41, 5.74) is 1.89. The Bertz CT molecular complexity index is 1090. The number of benzene rings is 2. The lowest BCUT2D eigenvalue weighted by Crippen LogP contribution is -2.39. The van der Waals surface area contributed by atoms with Crippen LogP contribution in [0, 0.1) is 0 Å². The SMILES string of the molecule is Cn1c(SCc2ccccc2)nnc1[C@H]1CCCN(C(=O)c2ccc3c(c2)OCO3)C1. The van der Waals surface area contributed by atoms with Gasteiger partial charge in [0.15, 0.2) is 16.7 Å². The molecule has 0 bridgehead atoms. The highest BCUT2D eigenvalue weighted by atomic mass is 32.2. The second kappa shape index (κ2) is 8.63. The van der Waals surface area contributed by atoms with Crippen molar-refractivity contribution < 1.29 is 14.3 Å². The molecular formula is C23H24N4O3S. The molecule has 0 unspecified atom stereocenters. The van der Waals surface area contributed by atoms with Crippen LogP contribution in [0.25, 0.3) is 0 Å². The zero-order valence-corrected chi connectivity index (χ0v) is 18.2. The maximum absolute atomic E-state index is 13.1. The molecule has 1 atom stereocenters. The number of hydrogen-bond donors (Lipinski definition) is 0. The Morgan fingerprint density at radius 1 is 1.13 bits per heavy atom. The third-order valence-electron chi connectivity index (χ3n) is 5.77. The van der Waals surface area contributed by atoms with Gasteiger partial charge in [-0.2, -0.15) is 0 Å². The topological polar surface area (TPSA) is 69.5 Å². The number of amides is 1. The largest absolute Gasteiger partial charge is 0.454 e. The van der Waals surface area contributed by atoms with Gasteiger partial charge in [-0.05, 0) is 36.6 Å². The number of fused-ring (bicyclic) bond motifs is 1. The van der Waals surface area contributed by atoms with Crippen molar-refractivity contribution in [3.63, 3.8) is 0 Å². The van der Waals surface area contributed by atoms with E-state index < -0.39 is 0 Å². The van der Waals surface area contributed by atoms with Crippen LogP contribution in [0.3, 0.4) is 0 Å². The zero-order chi connectivity index (χ0) is 21.2. The number of likely N-dealkylation sites (tertiary alicyclic amines) is 1. The van der Waals surface area contributed by atoms with Crippen LogP contribution in [0.2, 0.25) is 0 Å². The van der Waals surface area contributed by atoms with Crippen LogP contribution in [-0.2, 0) is 12.8 Å². The summed E-state index contributed by atoms with van der Waals surface area (Å²) in [5, 5.41) is 9.80. The first-order valence-electron chi connectivity index (χ1n) is 10.4. The van der Waals surface area contributed by atoms with Gasteiger partial charge >= 0.3 is 0 Å². The van der Waals surface area contributed by atoms with Crippen LogP contribution in [0.5, 0.6) is 11.5 Å². The Morgan fingerprint density at radius 3 is 2.84 bits per heavy atom. The number of piperidine rings is 1. The van der Waals surface area contributed by atoms with E-state index >= 15 is 0 Å². The van der Waals surface area contributed by atoms with E-state index in [-0.39, 0.29) is 18.6 Å². The molecule has 8 heteroatoms. The number of carbonyl (C=O) groups excluding carboxylic acids is 1. The summed E-state index contributed by atoms with van der Waals surface area (Å²) < 4.78 is 12.8. The fourth-order valence-electron chi connectivity index (χ4n) is 4.11. The molecule has 7 nitrogen and oxygen atoms in total. The van der Waals surface area contributed by atoms with E-state index in [0.717, 1.165) is 36.1 Å². The Labute approximate surface area is 185 Å².